The van der Waals surface area contributed by atoms with Crippen LogP contribution in [-0.4, -0.2) is 50.8 Å². The van der Waals surface area contributed by atoms with Crippen LogP contribution in [0.3, 0.4) is 0 Å². The molecule has 1 unspecified atom stereocenters. The molecule has 3 aromatic rings. The average Bonchev–Trinajstić information content (AvgIpc) is 3.16. The molecule has 8 nitrogen and oxygen atoms in total. The molecule has 8 heteroatoms. The van der Waals surface area contributed by atoms with Crippen LogP contribution in [0.15, 0.2) is 28.8 Å². The van der Waals surface area contributed by atoms with Gasteiger partial charge in [0.2, 0.25) is 11.7 Å². The van der Waals surface area contributed by atoms with Gasteiger partial charge < -0.3 is 24.2 Å². The van der Waals surface area contributed by atoms with Crippen LogP contribution in [0, 0.1) is 20.8 Å². The molecule has 0 fully saturated rings. The zero-order valence-corrected chi connectivity index (χ0v) is 17.8. The summed E-state index contributed by atoms with van der Waals surface area (Å²) in [7, 11) is 0. The topological polar surface area (TPSA) is 111 Å². The number of aliphatic hydroxyl groups excluding tert-OH is 2. The van der Waals surface area contributed by atoms with Crippen LogP contribution in [0.5, 0.6) is 11.6 Å². The van der Waals surface area contributed by atoms with Crippen molar-refractivity contribution in [1.29, 1.82) is 0 Å². The van der Waals surface area contributed by atoms with Crippen LogP contribution in [0.4, 0.5) is 0 Å². The Balaban J connectivity index is 1.87. The van der Waals surface area contributed by atoms with Crippen molar-refractivity contribution in [3.05, 3.63) is 41.1 Å². The summed E-state index contributed by atoms with van der Waals surface area (Å²) in [6.45, 7) is 9.24. The molecule has 0 bridgehead atoms. The Morgan fingerprint density at radius 3 is 2.33 bits per heavy atom. The molecule has 0 aliphatic heterocycles. The minimum atomic E-state index is -0.920. The Morgan fingerprint density at radius 1 is 1.00 bits per heavy atom. The molecule has 1 aromatic carbocycles. The molecule has 0 saturated carbocycles. The van der Waals surface area contributed by atoms with Gasteiger partial charge in [0.05, 0.1) is 12.7 Å². The lowest BCUT2D eigenvalue weighted by Gasteiger charge is -2.15. The van der Waals surface area contributed by atoms with Crippen molar-refractivity contribution in [3.8, 4) is 34.5 Å². The van der Waals surface area contributed by atoms with Crippen molar-refractivity contribution in [2.75, 3.05) is 13.2 Å². The fourth-order valence-corrected chi connectivity index (χ4v) is 3.06. The molecule has 2 aromatic heterocycles. The predicted molar refractivity (Wildman–Crippen MR) is 112 cm³/mol. The third kappa shape index (κ3) is 5.14. The van der Waals surface area contributed by atoms with Crippen LogP contribution in [0.1, 0.15) is 30.7 Å². The first-order valence-corrected chi connectivity index (χ1v) is 9.79. The van der Waals surface area contributed by atoms with Gasteiger partial charge in [-0.15, -0.1) is 0 Å². The number of nitrogens with zero attached hydrogens (tertiary/aromatic N) is 3. The first kappa shape index (κ1) is 21.7. The lowest BCUT2D eigenvalue weighted by Crippen LogP contribution is -2.21. The fourth-order valence-electron chi connectivity index (χ4n) is 3.06. The number of ether oxygens (including phenoxy) is 2. The minimum Gasteiger partial charge on any atom is -0.490 e. The largest absolute Gasteiger partial charge is 0.490 e. The molecule has 1 atom stereocenters. The van der Waals surface area contributed by atoms with Crippen molar-refractivity contribution < 1.29 is 24.2 Å². The first-order valence-electron chi connectivity index (χ1n) is 9.79. The molecule has 0 spiro atoms. The van der Waals surface area contributed by atoms with Gasteiger partial charge in [0.15, 0.2) is 0 Å². The first-order chi connectivity index (χ1) is 14.3. The van der Waals surface area contributed by atoms with Crippen molar-refractivity contribution in [1.82, 2.24) is 15.1 Å². The van der Waals surface area contributed by atoms with Gasteiger partial charge in [-0.2, -0.15) is 4.98 Å². The Morgan fingerprint density at radius 2 is 1.70 bits per heavy atom. The van der Waals surface area contributed by atoms with Crippen molar-refractivity contribution >= 4 is 0 Å². The third-order valence-corrected chi connectivity index (χ3v) is 4.31. The highest BCUT2D eigenvalue weighted by molar-refractivity contribution is 5.64. The number of aliphatic hydroxyl groups is 2. The van der Waals surface area contributed by atoms with E-state index in [-0.39, 0.29) is 19.3 Å². The van der Waals surface area contributed by atoms with E-state index in [0.717, 1.165) is 27.9 Å². The summed E-state index contributed by atoms with van der Waals surface area (Å²) in [5.74, 6) is 2.01. The molecule has 2 heterocycles. The lowest BCUT2D eigenvalue weighted by atomic mass is 10.1. The number of hydrogen-bond acceptors (Lipinski definition) is 8. The summed E-state index contributed by atoms with van der Waals surface area (Å²) >= 11 is 0. The zero-order valence-electron chi connectivity index (χ0n) is 17.8. The van der Waals surface area contributed by atoms with E-state index in [1.54, 1.807) is 6.07 Å². The van der Waals surface area contributed by atoms with Crippen LogP contribution in [0.2, 0.25) is 0 Å². The molecule has 0 radical (unpaired) electrons. The maximum absolute atomic E-state index is 9.51. The molecule has 3 rings (SSSR count). The molecule has 160 valence electrons. The number of hydrogen-bond donors (Lipinski definition) is 2. The van der Waals surface area contributed by atoms with E-state index in [4.69, 9.17) is 19.1 Å². The summed E-state index contributed by atoms with van der Waals surface area (Å²) in [6, 6.07) is 7.44. The molecular weight excluding hydrogens is 386 g/mol. The highest BCUT2D eigenvalue weighted by Crippen LogP contribution is 2.31. The number of benzene rings is 1. The molecule has 0 aliphatic carbocycles. The summed E-state index contributed by atoms with van der Waals surface area (Å²) < 4.78 is 16.8. The second-order valence-corrected chi connectivity index (χ2v) is 7.51. The maximum atomic E-state index is 9.51. The van der Waals surface area contributed by atoms with Gasteiger partial charge in [-0.1, -0.05) is 5.16 Å². The van der Waals surface area contributed by atoms with Crippen LogP contribution in [-0.2, 0) is 0 Å². The average molecular weight is 413 g/mol. The van der Waals surface area contributed by atoms with Crippen LogP contribution < -0.4 is 9.47 Å². The van der Waals surface area contributed by atoms with Crippen LogP contribution >= 0.6 is 0 Å². The third-order valence-electron chi connectivity index (χ3n) is 4.31. The number of pyridine rings is 1. The maximum Gasteiger partial charge on any atom is 0.258 e. The van der Waals surface area contributed by atoms with E-state index in [0.29, 0.717) is 23.3 Å². The smallest absolute Gasteiger partial charge is 0.258 e. The molecule has 2 N–H and O–H groups in total. The summed E-state index contributed by atoms with van der Waals surface area (Å²) in [5, 5.41) is 22.6. The molecule has 0 aliphatic rings. The van der Waals surface area contributed by atoms with E-state index in [1.165, 1.54) is 0 Å². The Kier molecular flexibility index (Phi) is 6.69. The summed E-state index contributed by atoms with van der Waals surface area (Å²) in [5.41, 5.74) is 4.06. The van der Waals surface area contributed by atoms with E-state index in [9.17, 15) is 5.11 Å². The standard InChI is InChI=1S/C22H27N3O5/c1-12(2)29-19-9-17(8-15(5)23-19)22-24-21(25-30-22)16-6-13(3)20(14(4)7-16)28-11-18(27)10-26/h6-9,12,18,26-27H,10-11H2,1-5H3. The van der Waals surface area contributed by atoms with Gasteiger partial charge in [0.25, 0.3) is 5.89 Å². The number of rotatable bonds is 8. The van der Waals surface area contributed by atoms with Gasteiger partial charge in [-0.05, 0) is 63.9 Å². The molecule has 0 amide bonds. The van der Waals surface area contributed by atoms with E-state index in [1.807, 2.05) is 52.8 Å². The normalized spacial score (nSPS) is 12.3. The van der Waals surface area contributed by atoms with Gasteiger partial charge in [-0.3, -0.25) is 0 Å². The molecule has 30 heavy (non-hydrogen) atoms. The predicted octanol–water partition coefficient (Wildman–Crippen LogP) is 3.24. The highest BCUT2D eigenvalue weighted by atomic mass is 16.5. The molecular formula is C22H27N3O5. The number of aromatic nitrogens is 3. The highest BCUT2D eigenvalue weighted by Gasteiger charge is 2.16. The lowest BCUT2D eigenvalue weighted by molar-refractivity contribution is 0.0532. The van der Waals surface area contributed by atoms with Gasteiger partial charge >= 0.3 is 0 Å². The second kappa shape index (κ2) is 9.23. The quantitative estimate of drug-likeness (QED) is 0.579. The Bertz CT molecular complexity index is 993. The van der Waals surface area contributed by atoms with Crippen molar-refractivity contribution in [3.63, 3.8) is 0 Å². The van der Waals surface area contributed by atoms with Gasteiger partial charge in [0.1, 0.15) is 18.5 Å². The Hall–Kier alpha value is -2.97. The van der Waals surface area contributed by atoms with Crippen molar-refractivity contribution in [2.45, 2.75) is 46.8 Å². The monoisotopic (exact) mass is 413 g/mol. The minimum absolute atomic E-state index is 0.00979. The van der Waals surface area contributed by atoms with E-state index >= 15 is 0 Å². The second-order valence-electron chi connectivity index (χ2n) is 7.51. The SMILES string of the molecule is Cc1cc(-c2nc(-c3cc(C)c(OCC(O)CO)c(C)c3)no2)cc(OC(C)C)n1. The zero-order chi connectivity index (χ0) is 21.8. The van der Waals surface area contributed by atoms with E-state index in [2.05, 4.69) is 15.1 Å². The summed E-state index contributed by atoms with van der Waals surface area (Å²) in [6.07, 6.45) is -0.910. The van der Waals surface area contributed by atoms with Gasteiger partial charge in [0, 0.05) is 22.9 Å². The van der Waals surface area contributed by atoms with Crippen LogP contribution in [0.25, 0.3) is 22.8 Å². The Labute approximate surface area is 175 Å². The summed E-state index contributed by atoms with van der Waals surface area (Å²) in [4.78, 5) is 8.91. The van der Waals surface area contributed by atoms with Crippen molar-refractivity contribution in [2.24, 2.45) is 0 Å². The van der Waals surface area contributed by atoms with E-state index < -0.39 is 6.10 Å². The number of aryl methyl sites for hydroxylation is 3. The fraction of sp³-hybridized carbons (Fsp3) is 0.409. The molecule has 0 saturated heterocycles. The van der Waals surface area contributed by atoms with Gasteiger partial charge in [-0.25, -0.2) is 4.98 Å².